The summed E-state index contributed by atoms with van der Waals surface area (Å²) < 4.78 is 21.7. The molecule has 0 aromatic heterocycles. The molecular weight excluding hydrogens is 340 g/mol. The van der Waals surface area contributed by atoms with Crippen molar-refractivity contribution < 1.29 is 38.6 Å². The molecule has 0 heterocycles. The molecule has 0 spiro atoms. The van der Waals surface area contributed by atoms with Gasteiger partial charge in [-0.25, -0.2) is 0 Å². The van der Waals surface area contributed by atoms with Gasteiger partial charge in [0.2, 0.25) is 0 Å². The van der Waals surface area contributed by atoms with E-state index in [9.17, 15) is 13.9 Å². The normalized spacial score (nSPS) is 11.6. The van der Waals surface area contributed by atoms with E-state index >= 15 is 0 Å². The van der Waals surface area contributed by atoms with Crippen molar-refractivity contribution in [3.63, 3.8) is 0 Å². The number of aliphatic carboxylic acids is 1. The zero-order chi connectivity index (χ0) is 13.7. The zero-order valence-electron chi connectivity index (χ0n) is 8.67. The van der Waals surface area contributed by atoms with E-state index in [1.54, 1.807) is 0 Å². The second-order valence-corrected chi connectivity index (χ2v) is 8.36. The molecule has 19 heavy (non-hydrogen) atoms. The Hall–Kier alpha value is 2.12. The van der Waals surface area contributed by atoms with Gasteiger partial charge in [-0.3, -0.25) is 13.9 Å². The van der Waals surface area contributed by atoms with Crippen molar-refractivity contribution in [2.75, 3.05) is 11.5 Å². The Balaban J connectivity index is -0.00000128. The van der Waals surface area contributed by atoms with Crippen LogP contribution in [-0.2, 0) is 13.9 Å². The van der Waals surface area contributed by atoms with Gasteiger partial charge >= 0.3 is 80.3 Å². The van der Waals surface area contributed by atoms with Crippen LogP contribution in [0.1, 0.15) is 12.8 Å². The van der Waals surface area contributed by atoms with Crippen molar-refractivity contribution in [1.29, 1.82) is 0 Å². The molecule has 5 N–H and O–H groups in total. The molecule has 0 aromatic carbocycles. The topological polar surface area (TPSA) is 152 Å². The predicted molar refractivity (Wildman–Crippen MR) is 76.4 cm³/mol. The first kappa shape index (κ1) is 26.0. The molecular formula is C6H16Na2O8P2S. The number of hydrogen-bond donors (Lipinski definition) is 5. The molecule has 0 radical (unpaired) electrons. The quantitative estimate of drug-likeness (QED) is 0.209. The fourth-order valence-corrected chi connectivity index (χ4v) is 4.35. The van der Waals surface area contributed by atoms with Gasteiger partial charge in [0.1, 0.15) is 0 Å². The molecule has 0 fully saturated rings. The van der Waals surface area contributed by atoms with Crippen LogP contribution in [0.2, 0.25) is 0 Å². The van der Waals surface area contributed by atoms with Crippen LogP contribution in [0, 0.1) is 0 Å². The molecule has 0 aromatic rings. The second kappa shape index (κ2) is 11.7. The van der Waals surface area contributed by atoms with Crippen molar-refractivity contribution in [1.82, 2.24) is 0 Å². The van der Waals surface area contributed by atoms with Crippen molar-refractivity contribution in [3.05, 3.63) is 0 Å². The van der Waals surface area contributed by atoms with Gasteiger partial charge in [0.05, 0.1) is 5.75 Å². The first-order chi connectivity index (χ1) is 7.55. The van der Waals surface area contributed by atoms with E-state index in [1.165, 1.54) is 0 Å². The number of rotatable bonds is 8. The summed E-state index contributed by atoms with van der Waals surface area (Å²) in [5.41, 5.74) is 0. The number of carboxylic acids is 1. The third-order valence-electron chi connectivity index (χ3n) is 1.75. The van der Waals surface area contributed by atoms with Gasteiger partial charge in [0, 0.05) is 0 Å². The molecule has 13 heteroatoms. The van der Waals surface area contributed by atoms with E-state index in [2.05, 4.69) is 0 Å². The summed E-state index contributed by atoms with van der Waals surface area (Å²) in [6.07, 6.45) is -0.222. The van der Waals surface area contributed by atoms with Gasteiger partial charge < -0.3 is 24.7 Å². The monoisotopic (exact) mass is 356 g/mol. The van der Waals surface area contributed by atoms with Crippen LogP contribution in [-0.4, -0.2) is 107 Å². The van der Waals surface area contributed by atoms with Crippen LogP contribution in [0.25, 0.3) is 0 Å². The molecule has 0 unspecified atom stereocenters. The summed E-state index contributed by atoms with van der Waals surface area (Å²) in [6.45, 7) is 0. The third kappa shape index (κ3) is 13.5. The van der Waals surface area contributed by atoms with Crippen LogP contribution in [0.3, 0.4) is 0 Å². The first-order valence-electron chi connectivity index (χ1n) is 4.45. The molecule has 0 aliphatic carbocycles. The Kier molecular flexibility index (Phi) is 16.0. The summed E-state index contributed by atoms with van der Waals surface area (Å²) in [5, 5.41) is 6.31. The van der Waals surface area contributed by atoms with Gasteiger partial charge in [0.15, 0.2) is 5.40 Å². The summed E-state index contributed by atoms with van der Waals surface area (Å²) in [5.74, 6) is -0.907. The summed E-state index contributed by atoms with van der Waals surface area (Å²) >= 11 is 1.02. The van der Waals surface area contributed by atoms with Gasteiger partial charge in [-0.15, -0.1) is 0 Å². The molecule has 0 saturated heterocycles. The Labute approximate surface area is 159 Å². The fourth-order valence-electron chi connectivity index (χ4n) is 1.06. The standard InChI is InChI=1S/C6H14O8P2S.2Na.2H/c7-5(8)4-17-3-1-2-6(15(9,10)11)16(12,13)14;;;;/h6H,1-4H2,(H,7,8)(H2,9,10,11)(H2,12,13,14);;;;. The van der Waals surface area contributed by atoms with Crippen molar-refractivity contribution >= 4 is 92.0 Å². The van der Waals surface area contributed by atoms with Crippen LogP contribution >= 0.6 is 27.0 Å². The summed E-state index contributed by atoms with van der Waals surface area (Å²) in [4.78, 5) is 45.2. The predicted octanol–water partition coefficient (Wildman–Crippen LogP) is -1.03. The van der Waals surface area contributed by atoms with Crippen molar-refractivity contribution in [2.45, 2.75) is 18.2 Å². The van der Waals surface area contributed by atoms with Crippen LogP contribution < -0.4 is 0 Å². The van der Waals surface area contributed by atoms with Crippen LogP contribution in [0.4, 0.5) is 0 Å². The van der Waals surface area contributed by atoms with Crippen LogP contribution in [0.5, 0.6) is 0 Å². The molecule has 0 rings (SSSR count). The molecule has 8 nitrogen and oxygen atoms in total. The van der Waals surface area contributed by atoms with E-state index in [0.717, 1.165) is 11.8 Å². The molecule has 0 bridgehead atoms. The second-order valence-electron chi connectivity index (χ2n) is 3.25. The maximum absolute atomic E-state index is 10.9. The number of thioether (sulfide) groups is 1. The minimum absolute atomic E-state index is 0. The molecule has 0 aliphatic heterocycles. The van der Waals surface area contributed by atoms with E-state index < -0.39 is 26.6 Å². The molecule has 0 aliphatic rings. The SMILES string of the molecule is O=C(O)CSCCCC(P(=O)(O)O)P(=O)(O)O.[NaH].[NaH]. The number of carboxylic acid groups (broad SMARTS) is 1. The third-order valence-corrected chi connectivity index (χ3v) is 6.66. The van der Waals surface area contributed by atoms with Gasteiger partial charge in [0.25, 0.3) is 0 Å². The maximum atomic E-state index is 10.9. The fraction of sp³-hybridized carbons (Fsp3) is 0.833. The van der Waals surface area contributed by atoms with E-state index in [0.29, 0.717) is 0 Å². The molecule has 0 saturated carbocycles. The Morgan fingerprint density at radius 3 is 1.79 bits per heavy atom. The van der Waals surface area contributed by atoms with Crippen LogP contribution in [0.15, 0.2) is 0 Å². The Bertz CT molecular complexity index is 333. The average molecular weight is 356 g/mol. The van der Waals surface area contributed by atoms with Gasteiger partial charge in [-0.05, 0) is 18.6 Å². The Morgan fingerprint density at radius 2 is 1.47 bits per heavy atom. The average Bonchev–Trinajstić information content (AvgIpc) is 2.05. The molecule has 0 atom stereocenters. The zero-order valence-corrected chi connectivity index (χ0v) is 11.3. The van der Waals surface area contributed by atoms with E-state index in [4.69, 9.17) is 24.7 Å². The molecule has 0 amide bonds. The van der Waals surface area contributed by atoms with E-state index in [1.807, 2.05) is 0 Å². The Morgan fingerprint density at radius 1 is 1.05 bits per heavy atom. The van der Waals surface area contributed by atoms with E-state index in [-0.39, 0.29) is 83.5 Å². The van der Waals surface area contributed by atoms with Crippen molar-refractivity contribution in [2.24, 2.45) is 0 Å². The summed E-state index contributed by atoms with van der Waals surface area (Å²) in [7, 11) is -9.71. The number of hydrogen-bond acceptors (Lipinski definition) is 4. The van der Waals surface area contributed by atoms with Crippen molar-refractivity contribution in [3.8, 4) is 0 Å². The first-order valence-corrected chi connectivity index (χ1v) is 8.97. The van der Waals surface area contributed by atoms with Gasteiger partial charge in [-0.2, -0.15) is 11.8 Å². The van der Waals surface area contributed by atoms with Gasteiger partial charge in [-0.1, -0.05) is 0 Å². The minimum atomic E-state index is -4.85. The number of carbonyl (C=O) groups is 1. The summed E-state index contributed by atoms with van der Waals surface area (Å²) in [6, 6.07) is 0. The molecule has 106 valence electrons.